The molecule has 0 saturated carbocycles. The monoisotopic (exact) mass is 332 g/mol. The third kappa shape index (κ3) is 7.54. The lowest BCUT2D eigenvalue weighted by Crippen LogP contribution is -2.04. The Kier molecular flexibility index (Phi) is 7.36. The van der Waals surface area contributed by atoms with E-state index in [-0.39, 0.29) is 12.8 Å². The lowest BCUT2D eigenvalue weighted by atomic mass is 10.2. The number of esters is 2. The first kappa shape index (κ1) is 17.8. The molecule has 0 aliphatic carbocycles. The lowest BCUT2D eigenvalue weighted by molar-refractivity contribution is -0.138. The largest absolute Gasteiger partial charge is 0.372 e. The van der Waals surface area contributed by atoms with E-state index in [2.05, 4.69) is 24.1 Å². The summed E-state index contributed by atoms with van der Waals surface area (Å²) in [6.07, 6.45) is 5.20. The van der Waals surface area contributed by atoms with E-state index in [1.54, 1.807) is 0 Å². The number of carbonyl (C=O) groups excluding carboxylic acids is 2. The lowest BCUT2D eigenvalue weighted by Gasteiger charge is -1.97. The fraction of sp³-hybridized carbons (Fsp3) is 0.143. The smallest absolute Gasteiger partial charge is 0.319 e. The van der Waals surface area contributed by atoms with Crippen molar-refractivity contribution in [3.05, 3.63) is 71.8 Å². The maximum absolute atomic E-state index is 11.5. The SMILES string of the molecule is O=C(CCCC(=O)OC#Cc1ccccc1)OC#Cc1ccccc1. The quantitative estimate of drug-likeness (QED) is 0.637. The van der Waals surface area contributed by atoms with Gasteiger partial charge in [0.25, 0.3) is 0 Å². The third-order valence-electron chi connectivity index (χ3n) is 3.03. The summed E-state index contributed by atoms with van der Waals surface area (Å²) in [5.41, 5.74) is 1.52. The molecule has 25 heavy (non-hydrogen) atoms. The molecule has 2 aromatic rings. The van der Waals surface area contributed by atoms with E-state index in [0.29, 0.717) is 6.42 Å². The van der Waals surface area contributed by atoms with Crippen LogP contribution in [0.3, 0.4) is 0 Å². The molecule has 0 N–H and O–H groups in total. The molecule has 2 rings (SSSR count). The summed E-state index contributed by atoms with van der Waals surface area (Å²) in [5, 5.41) is 0. The zero-order valence-electron chi connectivity index (χ0n) is 13.5. The van der Waals surface area contributed by atoms with E-state index in [1.807, 2.05) is 60.7 Å². The van der Waals surface area contributed by atoms with Crippen LogP contribution in [0.4, 0.5) is 0 Å². The third-order valence-corrected chi connectivity index (χ3v) is 3.03. The summed E-state index contributed by atoms with van der Waals surface area (Å²) in [7, 11) is 0. The van der Waals surface area contributed by atoms with Crippen LogP contribution in [0.5, 0.6) is 0 Å². The van der Waals surface area contributed by atoms with Gasteiger partial charge in [0.05, 0.1) is 0 Å². The Balaban J connectivity index is 1.63. The normalized spacial score (nSPS) is 8.96. The molecule has 0 fully saturated rings. The van der Waals surface area contributed by atoms with Gasteiger partial charge < -0.3 is 9.47 Å². The van der Waals surface area contributed by atoms with Crippen LogP contribution in [0.2, 0.25) is 0 Å². The molecule has 0 unspecified atom stereocenters. The van der Waals surface area contributed by atoms with Crippen molar-refractivity contribution >= 4 is 11.9 Å². The van der Waals surface area contributed by atoms with E-state index in [1.165, 1.54) is 0 Å². The first-order valence-electron chi connectivity index (χ1n) is 7.75. The minimum atomic E-state index is -0.480. The molecule has 4 nitrogen and oxygen atoms in total. The van der Waals surface area contributed by atoms with Gasteiger partial charge in [-0.3, -0.25) is 9.59 Å². The zero-order valence-corrected chi connectivity index (χ0v) is 13.5. The highest BCUT2D eigenvalue weighted by Crippen LogP contribution is 2.00. The summed E-state index contributed by atoms with van der Waals surface area (Å²) in [5.74, 6) is 4.47. The van der Waals surface area contributed by atoms with Gasteiger partial charge in [0.15, 0.2) is 0 Å². The van der Waals surface area contributed by atoms with Crippen molar-refractivity contribution in [2.24, 2.45) is 0 Å². The first-order chi connectivity index (χ1) is 12.2. The number of carbonyl (C=O) groups is 2. The van der Waals surface area contributed by atoms with Gasteiger partial charge in [-0.05, 0) is 42.5 Å². The fourth-order valence-corrected chi connectivity index (χ4v) is 1.80. The van der Waals surface area contributed by atoms with Crippen molar-refractivity contribution in [1.29, 1.82) is 0 Å². The van der Waals surface area contributed by atoms with Crippen LogP contribution in [-0.4, -0.2) is 11.9 Å². The van der Waals surface area contributed by atoms with Gasteiger partial charge in [0.1, 0.15) is 12.2 Å². The average Bonchev–Trinajstić information content (AvgIpc) is 2.63. The van der Waals surface area contributed by atoms with E-state index in [0.717, 1.165) is 11.1 Å². The van der Waals surface area contributed by atoms with Crippen molar-refractivity contribution in [3.63, 3.8) is 0 Å². The number of ether oxygens (including phenoxy) is 2. The van der Waals surface area contributed by atoms with E-state index < -0.39 is 11.9 Å². The molecule has 0 spiro atoms. The Morgan fingerprint density at radius 1 is 0.680 bits per heavy atom. The molecule has 0 aliphatic heterocycles. The van der Waals surface area contributed by atoms with Gasteiger partial charge >= 0.3 is 11.9 Å². The van der Waals surface area contributed by atoms with Crippen LogP contribution in [0.1, 0.15) is 30.4 Å². The second-order valence-electron chi connectivity index (χ2n) is 4.99. The second-order valence-corrected chi connectivity index (χ2v) is 4.99. The van der Waals surface area contributed by atoms with Crippen LogP contribution in [0.15, 0.2) is 60.7 Å². The maximum atomic E-state index is 11.5. The summed E-state index contributed by atoms with van der Waals surface area (Å²) in [6, 6.07) is 18.4. The predicted octanol–water partition coefficient (Wildman–Crippen LogP) is 3.26. The van der Waals surface area contributed by atoms with Gasteiger partial charge in [-0.25, -0.2) is 0 Å². The number of hydrogen-bond donors (Lipinski definition) is 0. The summed E-state index contributed by atoms with van der Waals surface area (Å²) < 4.78 is 9.57. The van der Waals surface area contributed by atoms with E-state index in [4.69, 9.17) is 9.47 Å². The molecule has 0 heterocycles. The van der Waals surface area contributed by atoms with Crippen molar-refractivity contribution < 1.29 is 19.1 Å². The van der Waals surface area contributed by atoms with Gasteiger partial charge in [-0.15, -0.1) is 0 Å². The molecule has 124 valence electrons. The zero-order chi connectivity index (χ0) is 17.7. The molecule has 0 aliphatic rings. The predicted molar refractivity (Wildman–Crippen MR) is 92.7 cm³/mol. The van der Waals surface area contributed by atoms with Gasteiger partial charge in [0, 0.05) is 24.0 Å². The van der Waals surface area contributed by atoms with Crippen LogP contribution < -0.4 is 0 Å². The first-order valence-corrected chi connectivity index (χ1v) is 7.75. The highest BCUT2D eigenvalue weighted by Gasteiger charge is 2.06. The Hall–Kier alpha value is -3.50. The Labute approximate surface area is 146 Å². The number of rotatable bonds is 4. The molecule has 4 heteroatoms. The Morgan fingerprint density at radius 2 is 1.08 bits per heavy atom. The Bertz CT molecular complexity index is 747. The molecule has 2 aromatic carbocycles. The second kappa shape index (κ2) is 10.3. The molecule has 0 aromatic heterocycles. The van der Waals surface area contributed by atoms with Crippen LogP contribution >= 0.6 is 0 Å². The summed E-state index contributed by atoms with van der Waals surface area (Å²) in [6.45, 7) is 0. The standard InChI is InChI=1S/C21H16O4/c22-20(24-16-14-18-8-3-1-4-9-18)12-7-13-21(23)25-17-15-19-10-5-2-6-11-19/h1-6,8-11H,7,12-13H2. The highest BCUT2D eigenvalue weighted by molar-refractivity contribution is 5.73. The van der Waals surface area contributed by atoms with Gasteiger partial charge in [0.2, 0.25) is 0 Å². The number of benzene rings is 2. The van der Waals surface area contributed by atoms with Crippen molar-refractivity contribution in [2.45, 2.75) is 19.3 Å². The van der Waals surface area contributed by atoms with E-state index in [9.17, 15) is 9.59 Å². The maximum Gasteiger partial charge on any atom is 0.319 e. The van der Waals surface area contributed by atoms with Gasteiger partial charge in [-0.2, -0.15) is 0 Å². The van der Waals surface area contributed by atoms with E-state index >= 15 is 0 Å². The molecular weight excluding hydrogens is 316 g/mol. The fourth-order valence-electron chi connectivity index (χ4n) is 1.80. The van der Waals surface area contributed by atoms with Crippen molar-refractivity contribution in [3.8, 4) is 24.1 Å². The minimum absolute atomic E-state index is 0.0880. The summed E-state index contributed by atoms with van der Waals surface area (Å²) in [4.78, 5) is 23.0. The average molecular weight is 332 g/mol. The molecule has 0 amide bonds. The highest BCUT2D eigenvalue weighted by atomic mass is 16.5. The minimum Gasteiger partial charge on any atom is -0.372 e. The Morgan fingerprint density at radius 3 is 1.48 bits per heavy atom. The van der Waals surface area contributed by atoms with Gasteiger partial charge in [-0.1, -0.05) is 36.4 Å². The molecule has 0 bridgehead atoms. The molecule has 0 radical (unpaired) electrons. The van der Waals surface area contributed by atoms with Crippen LogP contribution in [0.25, 0.3) is 0 Å². The molecule has 0 atom stereocenters. The molecule has 0 saturated heterocycles. The van der Waals surface area contributed by atoms with Crippen LogP contribution in [-0.2, 0) is 19.1 Å². The number of hydrogen-bond acceptors (Lipinski definition) is 4. The topological polar surface area (TPSA) is 52.6 Å². The van der Waals surface area contributed by atoms with Crippen molar-refractivity contribution in [2.75, 3.05) is 0 Å². The van der Waals surface area contributed by atoms with Crippen LogP contribution in [0, 0.1) is 24.1 Å². The molecular formula is C21H16O4. The summed E-state index contributed by atoms with van der Waals surface area (Å²) >= 11 is 0. The van der Waals surface area contributed by atoms with Crippen molar-refractivity contribution in [1.82, 2.24) is 0 Å².